The fourth-order valence-corrected chi connectivity index (χ4v) is 11.8. The Labute approximate surface area is 438 Å². The second kappa shape index (κ2) is 18.4. The standard InChI is InChI=1S/C73H49NO/c1-7-20-50(21-8-1)54-34-39-63(40-35-54)74-68-42-37-56(51-22-9-2-10-23-51)48-70(68)75-71-49-57(38-43-69(71)74)55-36-41-65-67(47-55)73(61-28-15-5-16-29-61,62-30-17-6-18-31-62)66-33-19-32-64(72(65)66)60-45-58(52-24-11-3-12-25-52)44-59(46-60)53-26-13-4-14-27-53/h1-49H. The fraction of sp³-hybridized carbons (Fsp3) is 0.0137. The van der Waals surface area contributed by atoms with Gasteiger partial charge in [-0.25, -0.2) is 0 Å². The summed E-state index contributed by atoms with van der Waals surface area (Å²) in [5.74, 6) is 1.61. The molecule has 0 bridgehead atoms. The predicted octanol–water partition coefficient (Wildman–Crippen LogP) is 19.6. The summed E-state index contributed by atoms with van der Waals surface area (Å²) in [7, 11) is 0. The minimum Gasteiger partial charge on any atom is -0.453 e. The largest absolute Gasteiger partial charge is 0.453 e. The highest BCUT2D eigenvalue weighted by atomic mass is 16.5. The minimum absolute atomic E-state index is 0.626. The molecule has 0 N–H and O–H groups in total. The number of hydrogen-bond acceptors (Lipinski definition) is 2. The van der Waals surface area contributed by atoms with Gasteiger partial charge >= 0.3 is 0 Å². The summed E-state index contributed by atoms with van der Waals surface area (Å²) in [6, 6.07) is 108. The molecule has 75 heavy (non-hydrogen) atoms. The zero-order valence-corrected chi connectivity index (χ0v) is 41.1. The number of fused-ring (bicyclic) bond motifs is 5. The second-order valence-corrected chi connectivity index (χ2v) is 19.6. The van der Waals surface area contributed by atoms with Crippen molar-refractivity contribution in [3.8, 4) is 89.4 Å². The van der Waals surface area contributed by atoms with Crippen LogP contribution in [-0.2, 0) is 5.41 Å². The third kappa shape index (κ3) is 7.58. The maximum atomic E-state index is 7.08. The van der Waals surface area contributed by atoms with Crippen LogP contribution >= 0.6 is 0 Å². The van der Waals surface area contributed by atoms with E-state index in [2.05, 4.69) is 302 Å². The fourth-order valence-electron chi connectivity index (χ4n) is 11.8. The first kappa shape index (κ1) is 44.0. The van der Waals surface area contributed by atoms with Crippen LogP contribution in [0.1, 0.15) is 22.3 Å². The van der Waals surface area contributed by atoms with Crippen LogP contribution in [0.25, 0.3) is 77.9 Å². The lowest BCUT2D eigenvalue weighted by molar-refractivity contribution is 0.477. The Morgan fingerprint density at radius 1 is 0.253 bits per heavy atom. The van der Waals surface area contributed by atoms with Gasteiger partial charge in [0.25, 0.3) is 0 Å². The lowest BCUT2D eigenvalue weighted by Gasteiger charge is -2.34. The first-order chi connectivity index (χ1) is 37.2. The van der Waals surface area contributed by atoms with Crippen molar-refractivity contribution in [1.82, 2.24) is 0 Å². The molecule has 2 heteroatoms. The lowest BCUT2D eigenvalue weighted by atomic mass is 9.67. The van der Waals surface area contributed by atoms with Crippen LogP contribution in [0.2, 0.25) is 0 Å². The Hall–Kier alpha value is -9.76. The Morgan fingerprint density at radius 2 is 0.653 bits per heavy atom. The summed E-state index contributed by atoms with van der Waals surface area (Å²) in [5.41, 5.74) is 23.8. The normalized spacial score (nSPS) is 12.7. The maximum absolute atomic E-state index is 7.08. The van der Waals surface area contributed by atoms with Crippen molar-refractivity contribution in [3.63, 3.8) is 0 Å². The van der Waals surface area contributed by atoms with Crippen LogP contribution < -0.4 is 9.64 Å². The molecule has 352 valence electrons. The van der Waals surface area contributed by atoms with Gasteiger partial charge in [0.2, 0.25) is 0 Å². The van der Waals surface area contributed by atoms with Gasteiger partial charge in [0.1, 0.15) is 0 Å². The third-order valence-electron chi connectivity index (χ3n) is 15.3. The topological polar surface area (TPSA) is 12.5 Å². The van der Waals surface area contributed by atoms with E-state index in [9.17, 15) is 0 Å². The number of ether oxygens (including phenoxy) is 1. The molecular formula is C73H49NO. The first-order valence-corrected chi connectivity index (χ1v) is 25.8. The molecule has 0 unspecified atom stereocenters. The molecule has 0 saturated carbocycles. The Bertz CT molecular complexity index is 3950. The van der Waals surface area contributed by atoms with Gasteiger partial charge in [-0.2, -0.15) is 0 Å². The summed E-state index contributed by atoms with van der Waals surface area (Å²) in [4.78, 5) is 2.34. The molecule has 0 atom stereocenters. The van der Waals surface area contributed by atoms with E-state index in [0.717, 1.165) is 50.8 Å². The molecule has 12 aromatic rings. The van der Waals surface area contributed by atoms with Crippen LogP contribution in [0.15, 0.2) is 297 Å². The van der Waals surface area contributed by atoms with E-state index in [1.165, 1.54) is 77.9 Å². The van der Waals surface area contributed by atoms with Gasteiger partial charge in [0.05, 0.1) is 16.8 Å². The van der Waals surface area contributed by atoms with E-state index in [1.54, 1.807) is 0 Å². The zero-order chi connectivity index (χ0) is 49.7. The Kier molecular flexibility index (Phi) is 10.8. The molecule has 0 aromatic heterocycles. The maximum Gasteiger partial charge on any atom is 0.152 e. The van der Waals surface area contributed by atoms with Crippen molar-refractivity contribution >= 4 is 17.1 Å². The molecule has 0 amide bonds. The number of nitrogens with zero attached hydrogens (tertiary/aromatic N) is 1. The molecular weight excluding hydrogens is 907 g/mol. The van der Waals surface area contributed by atoms with E-state index in [1.807, 2.05) is 0 Å². The molecule has 12 aromatic carbocycles. The van der Waals surface area contributed by atoms with Crippen molar-refractivity contribution in [2.24, 2.45) is 0 Å². The van der Waals surface area contributed by atoms with Crippen LogP contribution in [0.5, 0.6) is 11.5 Å². The van der Waals surface area contributed by atoms with Crippen molar-refractivity contribution in [3.05, 3.63) is 320 Å². The van der Waals surface area contributed by atoms with E-state index in [4.69, 9.17) is 4.74 Å². The first-order valence-electron chi connectivity index (χ1n) is 25.8. The van der Waals surface area contributed by atoms with Gasteiger partial charge in [-0.3, -0.25) is 0 Å². The SMILES string of the molecule is c1ccc(-c2ccc(N3c4ccc(-c5ccccc5)cc4Oc4cc(-c5ccc6c(c5)C(c5ccccc5)(c5ccccc5)c5cccc(-c7cc(-c8ccccc8)cc(-c8ccccc8)c7)c5-6)ccc43)cc2)cc1. The smallest absolute Gasteiger partial charge is 0.152 e. The summed E-state index contributed by atoms with van der Waals surface area (Å²) >= 11 is 0. The highest BCUT2D eigenvalue weighted by molar-refractivity contribution is 5.98. The molecule has 1 aliphatic carbocycles. The van der Waals surface area contributed by atoms with Gasteiger partial charge in [-0.05, 0) is 161 Å². The van der Waals surface area contributed by atoms with Crippen molar-refractivity contribution in [2.45, 2.75) is 5.41 Å². The molecule has 0 spiro atoms. The number of anilines is 3. The summed E-state index contributed by atoms with van der Waals surface area (Å²) in [6.45, 7) is 0. The molecule has 0 fully saturated rings. The molecule has 1 heterocycles. The summed E-state index contributed by atoms with van der Waals surface area (Å²) in [5, 5.41) is 0. The second-order valence-electron chi connectivity index (χ2n) is 19.6. The highest BCUT2D eigenvalue weighted by Crippen LogP contribution is 2.60. The number of benzene rings is 12. The van der Waals surface area contributed by atoms with Gasteiger partial charge in [0, 0.05) is 5.69 Å². The highest BCUT2D eigenvalue weighted by Gasteiger charge is 2.47. The molecule has 0 radical (unpaired) electrons. The number of hydrogen-bond donors (Lipinski definition) is 0. The third-order valence-corrected chi connectivity index (χ3v) is 15.3. The van der Waals surface area contributed by atoms with Crippen molar-refractivity contribution in [1.29, 1.82) is 0 Å². The van der Waals surface area contributed by atoms with Gasteiger partial charge in [0.15, 0.2) is 11.5 Å². The summed E-state index contributed by atoms with van der Waals surface area (Å²) in [6.07, 6.45) is 0. The Morgan fingerprint density at radius 3 is 1.17 bits per heavy atom. The molecule has 14 rings (SSSR count). The number of rotatable bonds is 9. The average molecular weight is 956 g/mol. The molecule has 0 saturated heterocycles. The molecule has 2 nitrogen and oxygen atoms in total. The van der Waals surface area contributed by atoms with E-state index >= 15 is 0 Å². The predicted molar refractivity (Wildman–Crippen MR) is 311 cm³/mol. The monoisotopic (exact) mass is 955 g/mol. The van der Waals surface area contributed by atoms with E-state index < -0.39 is 5.41 Å². The van der Waals surface area contributed by atoms with Crippen LogP contribution in [0, 0.1) is 0 Å². The zero-order valence-electron chi connectivity index (χ0n) is 41.1. The minimum atomic E-state index is -0.626. The quantitative estimate of drug-likeness (QED) is 0.143. The van der Waals surface area contributed by atoms with Gasteiger partial charge in [-0.1, -0.05) is 237 Å². The lowest BCUT2D eigenvalue weighted by Crippen LogP contribution is -2.28. The average Bonchev–Trinajstić information content (AvgIpc) is 3.80. The molecule has 2 aliphatic rings. The van der Waals surface area contributed by atoms with Gasteiger partial charge < -0.3 is 9.64 Å². The van der Waals surface area contributed by atoms with Crippen molar-refractivity contribution < 1.29 is 4.74 Å². The van der Waals surface area contributed by atoms with Crippen LogP contribution in [0.3, 0.4) is 0 Å². The Balaban J connectivity index is 0.954. The van der Waals surface area contributed by atoms with Crippen LogP contribution in [-0.4, -0.2) is 0 Å². The van der Waals surface area contributed by atoms with Gasteiger partial charge in [-0.15, -0.1) is 0 Å². The van der Waals surface area contributed by atoms with Crippen LogP contribution in [0.4, 0.5) is 17.1 Å². The summed E-state index contributed by atoms with van der Waals surface area (Å²) < 4.78 is 7.08. The van der Waals surface area contributed by atoms with E-state index in [0.29, 0.717) is 0 Å². The molecule has 1 aliphatic heterocycles. The van der Waals surface area contributed by atoms with Crippen molar-refractivity contribution in [2.75, 3.05) is 4.90 Å². The van der Waals surface area contributed by atoms with E-state index in [-0.39, 0.29) is 0 Å².